The van der Waals surface area contributed by atoms with Gasteiger partial charge in [0, 0.05) is 38.5 Å². The first-order valence-electron chi connectivity index (χ1n) is 6.91. The molecule has 0 amide bonds. The van der Waals surface area contributed by atoms with Crippen molar-refractivity contribution < 1.29 is 4.79 Å². The molecule has 1 aromatic heterocycles. The van der Waals surface area contributed by atoms with Gasteiger partial charge in [-0.2, -0.15) is 0 Å². The average Bonchev–Trinajstić information content (AvgIpc) is 2.36. The third-order valence-electron chi connectivity index (χ3n) is 3.16. The number of carbonyl (C=O) groups excluding carboxylic acids is 1. The van der Waals surface area contributed by atoms with Crippen molar-refractivity contribution >= 4 is 17.4 Å². The summed E-state index contributed by atoms with van der Waals surface area (Å²) >= 11 is 0. The number of rotatable bonds is 4. The van der Waals surface area contributed by atoms with Crippen molar-refractivity contribution in [3.8, 4) is 0 Å². The minimum absolute atomic E-state index is 0.347. The summed E-state index contributed by atoms with van der Waals surface area (Å²) in [6.07, 6.45) is 1.25. The number of aryl methyl sites for hydroxylation is 1. The third kappa shape index (κ3) is 3.91. The van der Waals surface area contributed by atoms with Crippen LogP contribution in [0.2, 0.25) is 0 Å². The number of ketones is 1. The Kier molecular flexibility index (Phi) is 4.35. The number of aromatic nitrogens is 2. The minimum atomic E-state index is 0.347. The van der Waals surface area contributed by atoms with Crippen LogP contribution in [0.5, 0.6) is 0 Å². The normalized spacial score (nSPS) is 16.0. The van der Waals surface area contributed by atoms with Crippen LogP contribution >= 0.6 is 0 Å². The van der Waals surface area contributed by atoms with Gasteiger partial charge in [-0.3, -0.25) is 4.79 Å². The lowest BCUT2D eigenvalue weighted by molar-refractivity contribution is -0.119. The van der Waals surface area contributed by atoms with Crippen LogP contribution in [0.25, 0.3) is 0 Å². The summed E-state index contributed by atoms with van der Waals surface area (Å²) in [6.45, 7) is 8.65. The molecule has 0 aliphatic carbocycles. The quantitative estimate of drug-likeness (QED) is 0.899. The van der Waals surface area contributed by atoms with E-state index in [0.29, 0.717) is 24.5 Å². The average molecular weight is 262 g/mol. The lowest BCUT2D eigenvalue weighted by Crippen LogP contribution is -2.34. The zero-order valence-electron chi connectivity index (χ0n) is 11.9. The SMILES string of the molecule is Cc1nc(NCC(C)C)cc(N2CCC(=O)CC2)n1. The van der Waals surface area contributed by atoms with E-state index in [4.69, 9.17) is 0 Å². The van der Waals surface area contributed by atoms with Gasteiger partial charge in [0.05, 0.1) is 0 Å². The molecule has 104 valence electrons. The van der Waals surface area contributed by atoms with Gasteiger partial charge in [-0.1, -0.05) is 13.8 Å². The van der Waals surface area contributed by atoms with E-state index in [0.717, 1.165) is 37.1 Å². The molecule has 1 saturated heterocycles. The number of anilines is 2. The molecule has 1 aliphatic heterocycles. The van der Waals surface area contributed by atoms with E-state index < -0.39 is 0 Å². The number of piperidine rings is 1. The molecule has 19 heavy (non-hydrogen) atoms. The first kappa shape index (κ1) is 13.8. The molecule has 5 heteroatoms. The summed E-state index contributed by atoms with van der Waals surface area (Å²) in [4.78, 5) is 22.3. The standard InChI is InChI=1S/C14H22N4O/c1-10(2)9-15-13-8-14(17-11(3)16-13)18-6-4-12(19)5-7-18/h8,10H,4-7,9H2,1-3H3,(H,15,16,17). The number of nitrogens with zero attached hydrogens (tertiary/aromatic N) is 3. The summed E-state index contributed by atoms with van der Waals surface area (Å²) in [5.41, 5.74) is 0. The molecule has 1 aromatic rings. The summed E-state index contributed by atoms with van der Waals surface area (Å²) < 4.78 is 0. The highest BCUT2D eigenvalue weighted by molar-refractivity contribution is 5.80. The van der Waals surface area contributed by atoms with Crippen molar-refractivity contribution in [2.75, 3.05) is 29.9 Å². The van der Waals surface area contributed by atoms with Crippen molar-refractivity contribution in [2.24, 2.45) is 5.92 Å². The Morgan fingerprint density at radius 2 is 2.00 bits per heavy atom. The van der Waals surface area contributed by atoms with Crippen molar-refractivity contribution in [3.05, 3.63) is 11.9 Å². The van der Waals surface area contributed by atoms with E-state index >= 15 is 0 Å². The smallest absolute Gasteiger partial charge is 0.136 e. The van der Waals surface area contributed by atoms with Gasteiger partial charge in [0.2, 0.25) is 0 Å². The topological polar surface area (TPSA) is 58.1 Å². The summed E-state index contributed by atoms with van der Waals surface area (Å²) in [5.74, 6) is 3.48. The maximum atomic E-state index is 11.3. The molecular weight excluding hydrogens is 240 g/mol. The number of hydrogen-bond donors (Lipinski definition) is 1. The highest BCUT2D eigenvalue weighted by atomic mass is 16.1. The number of hydrogen-bond acceptors (Lipinski definition) is 5. The summed E-state index contributed by atoms with van der Waals surface area (Å²) in [6, 6.07) is 1.98. The second kappa shape index (κ2) is 5.99. The Labute approximate surface area is 114 Å². The van der Waals surface area contributed by atoms with Gasteiger partial charge in [0.15, 0.2) is 0 Å². The molecule has 1 N–H and O–H groups in total. The van der Waals surface area contributed by atoms with E-state index in [2.05, 4.69) is 34.0 Å². The monoisotopic (exact) mass is 262 g/mol. The predicted octanol–water partition coefficient (Wildman–Crippen LogP) is 2.02. The largest absolute Gasteiger partial charge is 0.370 e. The van der Waals surface area contributed by atoms with Crippen LogP contribution < -0.4 is 10.2 Å². The molecule has 1 fully saturated rings. The van der Waals surface area contributed by atoms with Crippen LogP contribution in [0, 0.1) is 12.8 Å². The Balaban J connectivity index is 2.09. The maximum Gasteiger partial charge on any atom is 0.136 e. The molecule has 0 radical (unpaired) electrons. The Hall–Kier alpha value is -1.65. The van der Waals surface area contributed by atoms with E-state index in [-0.39, 0.29) is 0 Å². The Morgan fingerprint density at radius 1 is 1.32 bits per heavy atom. The van der Waals surface area contributed by atoms with Gasteiger partial charge in [-0.25, -0.2) is 9.97 Å². The van der Waals surface area contributed by atoms with Crippen LogP contribution in [0.1, 0.15) is 32.5 Å². The molecule has 0 spiro atoms. The lowest BCUT2D eigenvalue weighted by Gasteiger charge is -2.27. The molecule has 0 aromatic carbocycles. The van der Waals surface area contributed by atoms with Crippen molar-refractivity contribution in [2.45, 2.75) is 33.6 Å². The fourth-order valence-corrected chi connectivity index (χ4v) is 2.10. The van der Waals surface area contributed by atoms with Crippen molar-refractivity contribution in [1.29, 1.82) is 0 Å². The van der Waals surface area contributed by atoms with E-state index in [9.17, 15) is 4.79 Å². The highest BCUT2D eigenvalue weighted by Gasteiger charge is 2.18. The van der Waals surface area contributed by atoms with Gasteiger partial charge >= 0.3 is 0 Å². The number of nitrogens with one attached hydrogen (secondary N) is 1. The molecule has 5 nitrogen and oxygen atoms in total. The van der Waals surface area contributed by atoms with E-state index in [1.165, 1.54) is 0 Å². The van der Waals surface area contributed by atoms with Crippen LogP contribution in [0.3, 0.4) is 0 Å². The van der Waals surface area contributed by atoms with Crippen LogP contribution in [0.15, 0.2) is 6.07 Å². The number of carbonyl (C=O) groups is 1. The fraction of sp³-hybridized carbons (Fsp3) is 0.643. The predicted molar refractivity (Wildman–Crippen MR) is 76.6 cm³/mol. The second-order valence-electron chi connectivity index (χ2n) is 5.46. The molecule has 0 saturated carbocycles. The van der Waals surface area contributed by atoms with E-state index in [1.54, 1.807) is 0 Å². The van der Waals surface area contributed by atoms with Crippen LogP contribution in [0.4, 0.5) is 11.6 Å². The van der Waals surface area contributed by atoms with E-state index in [1.807, 2.05) is 13.0 Å². The van der Waals surface area contributed by atoms with Crippen molar-refractivity contribution in [1.82, 2.24) is 9.97 Å². The van der Waals surface area contributed by atoms with Crippen LogP contribution in [-0.4, -0.2) is 35.4 Å². The summed E-state index contributed by atoms with van der Waals surface area (Å²) in [7, 11) is 0. The molecule has 0 bridgehead atoms. The molecule has 2 heterocycles. The highest BCUT2D eigenvalue weighted by Crippen LogP contribution is 2.19. The molecule has 0 unspecified atom stereocenters. The Morgan fingerprint density at radius 3 is 2.63 bits per heavy atom. The van der Waals surface area contributed by atoms with Crippen LogP contribution in [-0.2, 0) is 4.79 Å². The number of Topliss-reactive ketones (excluding diaryl/α,β-unsaturated/α-hetero) is 1. The lowest BCUT2D eigenvalue weighted by atomic mass is 10.1. The van der Waals surface area contributed by atoms with Gasteiger partial charge in [-0.15, -0.1) is 0 Å². The molecular formula is C14H22N4O. The van der Waals surface area contributed by atoms with Crippen molar-refractivity contribution in [3.63, 3.8) is 0 Å². The van der Waals surface area contributed by atoms with Gasteiger partial charge in [0.25, 0.3) is 0 Å². The minimum Gasteiger partial charge on any atom is -0.370 e. The first-order chi connectivity index (χ1) is 9.04. The maximum absolute atomic E-state index is 11.3. The Bertz CT molecular complexity index is 449. The van der Waals surface area contributed by atoms with Gasteiger partial charge < -0.3 is 10.2 Å². The molecule has 1 aliphatic rings. The molecule has 0 atom stereocenters. The summed E-state index contributed by atoms with van der Waals surface area (Å²) in [5, 5.41) is 3.33. The first-order valence-corrected chi connectivity index (χ1v) is 6.91. The van der Waals surface area contributed by atoms with Gasteiger partial charge in [0.1, 0.15) is 23.2 Å². The molecule has 2 rings (SSSR count). The third-order valence-corrected chi connectivity index (χ3v) is 3.16. The second-order valence-corrected chi connectivity index (χ2v) is 5.46. The zero-order valence-corrected chi connectivity index (χ0v) is 11.9. The fourth-order valence-electron chi connectivity index (χ4n) is 2.10. The zero-order chi connectivity index (χ0) is 13.8. The van der Waals surface area contributed by atoms with Gasteiger partial charge in [-0.05, 0) is 12.8 Å².